The van der Waals surface area contributed by atoms with Crippen molar-refractivity contribution < 1.29 is 9.50 Å². The van der Waals surface area contributed by atoms with Crippen molar-refractivity contribution in [1.29, 1.82) is 0 Å². The molecule has 0 aliphatic heterocycles. The van der Waals surface area contributed by atoms with Crippen LogP contribution in [-0.2, 0) is 11.1 Å². The highest BCUT2D eigenvalue weighted by Crippen LogP contribution is 2.34. The van der Waals surface area contributed by atoms with Crippen LogP contribution in [0.3, 0.4) is 0 Å². The van der Waals surface area contributed by atoms with Gasteiger partial charge in [0, 0.05) is 0 Å². The standard InChI is InChI=1S/C13H19FO/c1-12(2,3)10-7-5-6-8-11(10)13(4,14)9-15/h5-8,15H,9H2,1-4H3. The molecule has 0 spiro atoms. The van der Waals surface area contributed by atoms with Crippen molar-refractivity contribution in [2.45, 2.75) is 38.8 Å². The normalized spacial score (nSPS) is 16.1. The molecule has 1 nitrogen and oxygen atoms in total. The molecule has 2 heteroatoms. The van der Waals surface area contributed by atoms with Gasteiger partial charge in [-0.3, -0.25) is 0 Å². The van der Waals surface area contributed by atoms with Crippen LogP contribution < -0.4 is 0 Å². The smallest absolute Gasteiger partial charge is 0.156 e. The molecule has 1 unspecified atom stereocenters. The monoisotopic (exact) mass is 210 g/mol. The molecule has 0 aliphatic carbocycles. The van der Waals surface area contributed by atoms with Gasteiger partial charge >= 0.3 is 0 Å². The molecule has 0 saturated carbocycles. The van der Waals surface area contributed by atoms with Gasteiger partial charge in [0.05, 0.1) is 6.61 Å². The molecule has 1 aromatic rings. The van der Waals surface area contributed by atoms with Gasteiger partial charge < -0.3 is 5.11 Å². The van der Waals surface area contributed by atoms with Crippen LogP contribution in [0.2, 0.25) is 0 Å². The molecule has 0 bridgehead atoms. The van der Waals surface area contributed by atoms with Crippen LogP contribution in [0.4, 0.5) is 4.39 Å². The van der Waals surface area contributed by atoms with E-state index in [1.165, 1.54) is 6.92 Å². The molecule has 1 atom stereocenters. The van der Waals surface area contributed by atoms with Crippen LogP contribution in [0, 0.1) is 0 Å². The molecule has 1 rings (SSSR count). The molecule has 0 saturated heterocycles. The SMILES string of the molecule is CC(C)(C)c1ccccc1C(C)(F)CO. The van der Waals surface area contributed by atoms with Gasteiger partial charge in [-0.05, 0) is 23.5 Å². The summed E-state index contributed by atoms with van der Waals surface area (Å²) in [6.45, 7) is 7.05. The number of aliphatic hydroxyl groups excluding tert-OH is 1. The number of alkyl halides is 1. The molecule has 84 valence electrons. The lowest BCUT2D eigenvalue weighted by molar-refractivity contribution is 0.0851. The van der Waals surface area contributed by atoms with Crippen LogP contribution in [0.15, 0.2) is 24.3 Å². The minimum Gasteiger partial charge on any atom is -0.393 e. The van der Waals surface area contributed by atoms with Crippen molar-refractivity contribution in [3.05, 3.63) is 35.4 Å². The van der Waals surface area contributed by atoms with Crippen molar-refractivity contribution in [2.75, 3.05) is 6.61 Å². The highest BCUT2D eigenvalue weighted by atomic mass is 19.1. The number of halogens is 1. The molecule has 0 heterocycles. The highest BCUT2D eigenvalue weighted by molar-refractivity contribution is 5.36. The lowest BCUT2D eigenvalue weighted by Gasteiger charge is -2.28. The zero-order chi connectivity index (χ0) is 11.7. The number of hydrogen-bond donors (Lipinski definition) is 1. The second-order valence-corrected chi connectivity index (χ2v) is 5.15. The topological polar surface area (TPSA) is 20.2 Å². The third-order valence-corrected chi connectivity index (χ3v) is 2.59. The van der Waals surface area contributed by atoms with E-state index < -0.39 is 12.3 Å². The zero-order valence-corrected chi connectivity index (χ0v) is 9.84. The molecule has 0 fully saturated rings. The molecule has 0 radical (unpaired) electrons. The Morgan fingerprint density at radius 3 is 1.93 bits per heavy atom. The number of aliphatic hydroxyl groups is 1. The average molecular weight is 210 g/mol. The Balaban J connectivity index is 3.31. The summed E-state index contributed by atoms with van der Waals surface area (Å²) in [4.78, 5) is 0. The van der Waals surface area contributed by atoms with Crippen LogP contribution in [0.25, 0.3) is 0 Å². The third-order valence-electron chi connectivity index (χ3n) is 2.59. The maximum absolute atomic E-state index is 14.1. The fourth-order valence-corrected chi connectivity index (χ4v) is 1.68. The highest BCUT2D eigenvalue weighted by Gasteiger charge is 2.30. The predicted octanol–water partition coefficient (Wildman–Crippen LogP) is 3.16. The lowest BCUT2D eigenvalue weighted by Crippen LogP contribution is -2.26. The van der Waals surface area contributed by atoms with E-state index in [0.717, 1.165) is 5.56 Å². The summed E-state index contributed by atoms with van der Waals surface area (Å²) in [5.74, 6) is 0. The maximum Gasteiger partial charge on any atom is 0.156 e. The Morgan fingerprint density at radius 2 is 1.53 bits per heavy atom. The molecule has 0 aliphatic rings. The molecular weight excluding hydrogens is 191 g/mol. The second-order valence-electron chi connectivity index (χ2n) is 5.15. The first kappa shape index (κ1) is 12.2. The van der Waals surface area contributed by atoms with Crippen molar-refractivity contribution in [3.8, 4) is 0 Å². The second kappa shape index (κ2) is 3.93. The fraction of sp³-hybridized carbons (Fsp3) is 0.538. The Kier molecular flexibility index (Phi) is 3.19. The Hall–Kier alpha value is -0.890. The van der Waals surface area contributed by atoms with Gasteiger partial charge in [0.1, 0.15) is 0 Å². The van der Waals surface area contributed by atoms with Gasteiger partial charge in [-0.1, -0.05) is 45.0 Å². The summed E-state index contributed by atoms with van der Waals surface area (Å²) in [5, 5.41) is 9.06. The summed E-state index contributed by atoms with van der Waals surface area (Å²) in [6.07, 6.45) is 0. The average Bonchev–Trinajstić information content (AvgIpc) is 2.16. The van der Waals surface area contributed by atoms with Gasteiger partial charge in [0.25, 0.3) is 0 Å². The van der Waals surface area contributed by atoms with Gasteiger partial charge in [-0.25, -0.2) is 4.39 Å². The molecule has 1 N–H and O–H groups in total. The molecule has 1 aromatic carbocycles. The van der Waals surface area contributed by atoms with Gasteiger partial charge in [-0.2, -0.15) is 0 Å². The van der Waals surface area contributed by atoms with Crippen LogP contribution in [0.1, 0.15) is 38.8 Å². The first-order chi connectivity index (χ1) is 6.79. The van der Waals surface area contributed by atoms with Gasteiger partial charge in [0.15, 0.2) is 5.67 Å². The third kappa shape index (κ3) is 2.57. The van der Waals surface area contributed by atoms with E-state index in [1.54, 1.807) is 12.1 Å². The van der Waals surface area contributed by atoms with Crippen molar-refractivity contribution in [2.24, 2.45) is 0 Å². The van der Waals surface area contributed by atoms with Crippen molar-refractivity contribution in [3.63, 3.8) is 0 Å². The maximum atomic E-state index is 14.1. The summed E-state index contributed by atoms with van der Waals surface area (Å²) in [6, 6.07) is 7.37. The summed E-state index contributed by atoms with van der Waals surface area (Å²) in [5.41, 5.74) is -0.243. The molecular formula is C13H19FO. The van der Waals surface area contributed by atoms with E-state index in [4.69, 9.17) is 5.11 Å². The van der Waals surface area contributed by atoms with Crippen LogP contribution in [0.5, 0.6) is 0 Å². The first-order valence-electron chi connectivity index (χ1n) is 5.19. The summed E-state index contributed by atoms with van der Waals surface area (Å²) in [7, 11) is 0. The lowest BCUT2D eigenvalue weighted by atomic mass is 9.79. The Morgan fingerprint density at radius 1 is 1.07 bits per heavy atom. The van der Waals surface area contributed by atoms with E-state index in [2.05, 4.69) is 0 Å². The summed E-state index contributed by atoms with van der Waals surface area (Å²) < 4.78 is 14.1. The van der Waals surface area contributed by atoms with Gasteiger partial charge in [-0.15, -0.1) is 0 Å². The predicted molar refractivity (Wildman–Crippen MR) is 60.7 cm³/mol. The van der Waals surface area contributed by atoms with E-state index in [-0.39, 0.29) is 5.41 Å². The zero-order valence-electron chi connectivity index (χ0n) is 9.84. The van der Waals surface area contributed by atoms with Gasteiger partial charge in [0.2, 0.25) is 0 Å². The number of benzene rings is 1. The van der Waals surface area contributed by atoms with E-state index in [0.29, 0.717) is 5.56 Å². The van der Waals surface area contributed by atoms with Crippen LogP contribution >= 0.6 is 0 Å². The minimum absolute atomic E-state index is 0.112. The fourth-order valence-electron chi connectivity index (χ4n) is 1.68. The Bertz CT molecular complexity index is 337. The number of rotatable bonds is 2. The molecule has 0 aromatic heterocycles. The van der Waals surface area contributed by atoms with Crippen molar-refractivity contribution in [1.82, 2.24) is 0 Å². The minimum atomic E-state index is -1.66. The van der Waals surface area contributed by atoms with E-state index in [1.807, 2.05) is 32.9 Å². The van der Waals surface area contributed by atoms with Crippen LogP contribution in [-0.4, -0.2) is 11.7 Å². The quantitative estimate of drug-likeness (QED) is 0.795. The first-order valence-corrected chi connectivity index (χ1v) is 5.19. The molecule has 15 heavy (non-hydrogen) atoms. The van der Waals surface area contributed by atoms with E-state index in [9.17, 15) is 4.39 Å². The van der Waals surface area contributed by atoms with Crippen molar-refractivity contribution >= 4 is 0 Å². The molecule has 0 amide bonds. The largest absolute Gasteiger partial charge is 0.393 e. The Labute approximate surface area is 90.9 Å². The summed E-state index contributed by atoms with van der Waals surface area (Å²) >= 11 is 0. The van der Waals surface area contributed by atoms with E-state index >= 15 is 0 Å². The number of hydrogen-bond acceptors (Lipinski definition) is 1.